The van der Waals surface area contributed by atoms with Gasteiger partial charge in [0, 0.05) is 19.6 Å². The molecule has 0 spiro atoms. The standard InChI is InChI=1S/C11H15F3N2O.C2H6/c1-8-4-9(7-16-3-2-15)6-10(5-8)17-11(12,13)14;1-2/h4-6,16H,2-3,7,15H2,1H3;1-2H3. The van der Waals surface area contributed by atoms with Gasteiger partial charge in [-0.25, -0.2) is 0 Å². The number of nitrogens with one attached hydrogen (secondary N) is 1. The number of benzene rings is 1. The van der Waals surface area contributed by atoms with Gasteiger partial charge in [0.05, 0.1) is 0 Å². The maximum atomic E-state index is 12.1. The van der Waals surface area contributed by atoms with Crippen molar-refractivity contribution in [3.05, 3.63) is 29.3 Å². The molecular weight excluding hydrogens is 257 g/mol. The lowest BCUT2D eigenvalue weighted by atomic mass is 10.1. The van der Waals surface area contributed by atoms with Crippen molar-refractivity contribution in [2.24, 2.45) is 5.73 Å². The van der Waals surface area contributed by atoms with Gasteiger partial charge in [0.25, 0.3) is 0 Å². The van der Waals surface area contributed by atoms with Crippen LogP contribution in [0, 0.1) is 6.92 Å². The van der Waals surface area contributed by atoms with E-state index in [1.54, 1.807) is 13.0 Å². The molecule has 0 aliphatic heterocycles. The van der Waals surface area contributed by atoms with Gasteiger partial charge in [-0.3, -0.25) is 0 Å². The largest absolute Gasteiger partial charge is 0.573 e. The lowest BCUT2D eigenvalue weighted by Gasteiger charge is -2.11. The van der Waals surface area contributed by atoms with Gasteiger partial charge in [0.2, 0.25) is 0 Å². The van der Waals surface area contributed by atoms with Crippen LogP contribution in [-0.4, -0.2) is 19.5 Å². The third-order valence-electron chi connectivity index (χ3n) is 1.99. The number of aryl methyl sites for hydroxylation is 1. The van der Waals surface area contributed by atoms with E-state index < -0.39 is 6.36 Å². The first-order valence-corrected chi connectivity index (χ1v) is 6.18. The molecule has 1 aromatic rings. The van der Waals surface area contributed by atoms with E-state index >= 15 is 0 Å². The van der Waals surface area contributed by atoms with Crippen molar-refractivity contribution in [1.29, 1.82) is 0 Å². The first kappa shape index (κ1) is 17.7. The second kappa shape index (κ2) is 8.77. The van der Waals surface area contributed by atoms with E-state index in [9.17, 15) is 13.2 Å². The Morgan fingerprint density at radius 3 is 2.37 bits per heavy atom. The van der Waals surface area contributed by atoms with Crippen molar-refractivity contribution in [1.82, 2.24) is 5.32 Å². The van der Waals surface area contributed by atoms with E-state index in [2.05, 4.69) is 10.1 Å². The molecule has 0 aromatic heterocycles. The van der Waals surface area contributed by atoms with E-state index in [-0.39, 0.29) is 5.75 Å². The average molecular weight is 278 g/mol. The Hall–Kier alpha value is -1.27. The Kier molecular flexibility index (Phi) is 8.18. The highest BCUT2D eigenvalue weighted by Gasteiger charge is 2.31. The molecule has 0 aliphatic carbocycles. The summed E-state index contributed by atoms with van der Waals surface area (Å²) in [5.74, 6) is -0.193. The first-order chi connectivity index (χ1) is 8.90. The van der Waals surface area contributed by atoms with Crippen molar-refractivity contribution in [3.63, 3.8) is 0 Å². The molecule has 0 aliphatic rings. The molecule has 0 heterocycles. The van der Waals surface area contributed by atoms with E-state index in [4.69, 9.17) is 5.73 Å². The van der Waals surface area contributed by atoms with Crippen LogP contribution < -0.4 is 15.8 Å². The van der Waals surface area contributed by atoms with Crippen LogP contribution in [0.1, 0.15) is 25.0 Å². The third-order valence-corrected chi connectivity index (χ3v) is 1.99. The van der Waals surface area contributed by atoms with Crippen molar-refractivity contribution in [2.75, 3.05) is 13.1 Å². The number of rotatable bonds is 5. The molecule has 0 saturated heterocycles. The third kappa shape index (κ3) is 8.45. The summed E-state index contributed by atoms with van der Waals surface area (Å²) >= 11 is 0. The Morgan fingerprint density at radius 2 is 1.84 bits per heavy atom. The fourth-order valence-electron chi connectivity index (χ4n) is 1.45. The fourth-order valence-corrected chi connectivity index (χ4v) is 1.45. The van der Waals surface area contributed by atoms with Gasteiger partial charge in [-0.2, -0.15) is 0 Å². The Bertz CT molecular complexity index is 367. The van der Waals surface area contributed by atoms with E-state index in [1.165, 1.54) is 12.1 Å². The summed E-state index contributed by atoms with van der Waals surface area (Å²) in [5.41, 5.74) is 6.75. The minimum atomic E-state index is -4.66. The molecule has 0 atom stereocenters. The highest BCUT2D eigenvalue weighted by Crippen LogP contribution is 2.24. The summed E-state index contributed by atoms with van der Waals surface area (Å²) in [7, 11) is 0. The number of hydrogen-bond acceptors (Lipinski definition) is 3. The van der Waals surface area contributed by atoms with Gasteiger partial charge in [-0.1, -0.05) is 19.9 Å². The van der Waals surface area contributed by atoms with Gasteiger partial charge in [0.1, 0.15) is 5.75 Å². The highest BCUT2D eigenvalue weighted by molar-refractivity contribution is 5.33. The topological polar surface area (TPSA) is 47.3 Å². The molecule has 3 nitrogen and oxygen atoms in total. The molecule has 0 amide bonds. The second-order valence-electron chi connectivity index (χ2n) is 3.67. The van der Waals surface area contributed by atoms with Crippen LogP contribution in [0.5, 0.6) is 5.75 Å². The van der Waals surface area contributed by atoms with E-state index in [1.807, 2.05) is 13.8 Å². The zero-order valence-electron chi connectivity index (χ0n) is 11.5. The molecular formula is C13H21F3N2O. The van der Waals surface area contributed by atoms with Crippen LogP contribution >= 0.6 is 0 Å². The predicted octanol–water partition coefficient (Wildman–Crippen LogP) is 2.97. The lowest BCUT2D eigenvalue weighted by Crippen LogP contribution is -2.22. The molecule has 19 heavy (non-hydrogen) atoms. The summed E-state index contributed by atoms with van der Waals surface area (Å²) < 4.78 is 40.0. The number of hydrogen-bond donors (Lipinski definition) is 2. The van der Waals surface area contributed by atoms with Crippen LogP contribution in [-0.2, 0) is 6.54 Å². The van der Waals surface area contributed by atoms with E-state index in [0.717, 1.165) is 11.1 Å². The van der Waals surface area contributed by atoms with Gasteiger partial charge < -0.3 is 15.8 Å². The van der Waals surface area contributed by atoms with Crippen molar-refractivity contribution >= 4 is 0 Å². The maximum Gasteiger partial charge on any atom is 0.573 e. The van der Waals surface area contributed by atoms with Gasteiger partial charge in [-0.05, 0) is 30.2 Å². The highest BCUT2D eigenvalue weighted by atomic mass is 19.4. The SMILES string of the molecule is CC.Cc1cc(CNCCN)cc(OC(F)(F)F)c1. The molecule has 110 valence electrons. The van der Waals surface area contributed by atoms with E-state index in [0.29, 0.717) is 19.6 Å². The molecule has 1 aromatic carbocycles. The number of alkyl halides is 3. The number of halogens is 3. The molecule has 0 saturated carbocycles. The predicted molar refractivity (Wildman–Crippen MR) is 70.0 cm³/mol. The molecule has 0 unspecified atom stereocenters. The summed E-state index contributed by atoms with van der Waals surface area (Å²) in [6.07, 6.45) is -4.66. The second-order valence-corrected chi connectivity index (χ2v) is 3.67. The van der Waals surface area contributed by atoms with Crippen LogP contribution in [0.4, 0.5) is 13.2 Å². The van der Waals surface area contributed by atoms with Crippen LogP contribution in [0.15, 0.2) is 18.2 Å². The van der Waals surface area contributed by atoms with Crippen molar-refractivity contribution in [3.8, 4) is 5.75 Å². The Morgan fingerprint density at radius 1 is 1.21 bits per heavy atom. The zero-order valence-corrected chi connectivity index (χ0v) is 11.5. The van der Waals surface area contributed by atoms with Crippen molar-refractivity contribution < 1.29 is 17.9 Å². The van der Waals surface area contributed by atoms with Gasteiger partial charge in [-0.15, -0.1) is 13.2 Å². The lowest BCUT2D eigenvalue weighted by molar-refractivity contribution is -0.274. The molecule has 0 fully saturated rings. The molecule has 0 bridgehead atoms. The monoisotopic (exact) mass is 278 g/mol. The average Bonchev–Trinajstić information content (AvgIpc) is 2.29. The Balaban J connectivity index is 0.00000154. The summed E-state index contributed by atoms with van der Waals surface area (Å²) in [6.45, 7) is 7.28. The summed E-state index contributed by atoms with van der Waals surface area (Å²) in [5, 5.41) is 3.01. The van der Waals surface area contributed by atoms with Gasteiger partial charge in [0.15, 0.2) is 0 Å². The summed E-state index contributed by atoms with van der Waals surface area (Å²) in [6, 6.07) is 4.51. The number of nitrogens with two attached hydrogens (primary N) is 1. The molecule has 6 heteroatoms. The van der Waals surface area contributed by atoms with Crippen LogP contribution in [0.25, 0.3) is 0 Å². The quantitative estimate of drug-likeness (QED) is 0.814. The Labute approximate surface area is 111 Å². The number of ether oxygens (including phenoxy) is 1. The molecule has 0 radical (unpaired) electrons. The van der Waals surface area contributed by atoms with Gasteiger partial charge >= 0.3 is 6.36 Å². The van der Waals surface area contributed by atoms with Crippen LogP contribution in [0.2, 0.25) is 0 Å². The minimum absolute atomic E-state index is 0.193. The molecule has 3 N–H and O–H groups in total. The fraction of sp³-hybridized carbons (Fsp3) is 0.538. The van der Waals surface area contributed by atoms with Crippen molar-refractivity contribution in [2.45, 2.75) is 33.7 Å². The summed E-state index contributed by atoms with van der Waals surface area (Å²) in [4.78, 5) is 0. The minimum Gasteiger partial charge on any atom is -0.406 e. The smallest absolute Gasteiger partial charge is 0.406 e. The van der Waals surface area contributed by atoms with Crippen LogP contribution in [0.3, 0.4) is 0 Å². The zero-order chi connectivity index (χ0) is 14.9. The molecule has 1 rings (SSSR count). The maximum absolute atomic E-state index is 12.1. The first-order valence-electron chi connectivity index (χ1n) is 6.18. The normalized spacial score (nSPS) is 10.7.